The molecule has 0 amide bonds. The van der Waals surface area contributed by atoms with E-state index in [4.69, 9.17) is 4.74 Å². The molecule has 0 bridgehead atoms. The lowest BCUT2D eigenvalue weighted by Crippen LogP contribution is -2.15. The number of H-pyrrole nitrogens is 1. The predicted molar refractivity (Wildman–Crippen MR) is 84.1 cm³/mol. The predicted octanol–water partition coefficient (Wildman–Crippen LogP) is 2.89. The number of hydrogen-bond acceptors (Lipinski definition) is 4. The molecule has 3 rings (SSSR count). The Labute approximate surface area is 140 Å². The monoisotopic (exact) mass is 352 g/mol. The molecule has 0 aliphatic carbocycles. The molecule has 0 saturated heterocycles. The summed E-state index contributed by atoms with van der Waals surface area (Å²) in [5.41, 5.74) is -0.0924. The minimum atomic E-state index is -4.38. The van der Waals surface area contributed by atoms with Crippen LogP contribution in [-0.4, -0.2) is 26.9 Å². The minimum Gasteiger partial charge on any atom is -0.377 e. The van der Waals surface area contributed by atoms with Gasteiger partial charge in [0.05, 0.1) is 17.8 Å². The lowest BCUT2D eigenvalue weighted by Gasteiger charge is -2.15. The number of hydrogen-bond donors (Lipinski definition) is 1. The van der Waals surface area contributed by atoms with Crippen molar-refractivity contribution in [1.82, 2.24) is 19.7 Å². The number of aromatic nitrogens is 4. The molecule has 0 fully saturated rings. The average Bonchev–Trinajstić information content (AvgIpc) is 2.98. The Hall–Kier alpha value is -2.68. The van der Waals surface area contributed by atoms with Gasteiger partial charge in [0, 0.05) is 7.11 Å². The topological polar surface area (TPSA) is 72.8 Å². The summed E-state index contributed by atoms with van der Waals surface area (Å²) in [6.07, 6.45) is -3.00. The van der Waals surface area contributed by atoms with Crippen molar-refractivity contribution in [3.63, 3.8) is 0 Å². The van der Waals surface area contributed by atoms with E-state index >= 15 is 0 Å². The van der Waals surface area contributed by atoms with Crippen LogP contribution >= 0.6 is 0 Å². The normalized spacial score (nSPS) is 13.3. The molecule has 132 valence electrons. The van der Waals surface area contributed by atoms with E-state index in [2.05, 4.69) is 15.1 Å². The lowest BCUT2D eigenvalue weighted by atomic mass is 10.1. The van der Waals surface area contributed by atoms with Crippen LogP contribution in [0.25, 0.3) is 11.0 Å². The minimum absolute atomic E-state index is 0.130. The largest absolute Gasteiger partial charge is 0.416 e. The van der Waals surface area contributed by atoms with Crippen LogP contribution in [0.4, 0.5) is 13.2 Å². The molecule has 1 unspecified atom stereocenters. The summed E-state index contributed by atoms with van der Waals surface area (Å²) in [5, 5.41) is 4.48. The molecule has 9 heteroatoms. The van der Waals surface area contributed by atoms with Crippen molar-refractivity contribution < 1.29 is 17.9 Å². The standard InChI is InChI=1S/C16H15F3N4O2/c1-9(10-3-5-11(6-4-10)16(17,18)19)23-14-12(7-20-23)15(24)22-13(21-14)8-25-2/h3-7,9H,8H2,1-2H3,(H,21,22,24). The van der Waals surface area contributed by atoms with Crippen LogP contribution in [0.1, 0.15) is 29.9 Å². The van der Waals surface area contributed by atoms with Gasteiger partial charge in [-0.2, -0.15) is 18.3 Å². The van der Waals surface area contributed by atoms with E-state index in [1.54, 1.807) is 6.92 Å². The molecule has 2 aromatic heterocycles. The maximum atomic E-state index is 12.7. The van der Waals surface area contributed by atoms with Gasteiger partial charge in [0.15, 0.2) is 5.65 Å². The average molecular weight is 352 g/mol. The van der Waals surface area contributed by atoms with E-state index < -0.39 is 17.8 Å². The number of fused-ring (bicyclic) bond motifs is 1. The third-order valence-electron chi connectivity index (χ3n) is 3.88. The molecule has 0 aliphatic rings. The molecule has 6 nitrogen and oxygen atoms in total. The number of nitrogens with one attached hydrogen (secondary N) is 1. The van der Waals surface area contributed by atoms with Crippen molar-refractivity contribution in [2.75, 3.05) is 7.11 Å². The van der Waals surface area contributed by atoms with Gasteiger partial charge in [-0.15, -0.1) is 0 Å². The first-order chi connectivity index (χ1) is 11.8. The highest BCUT2D eigenvalue weighted by Gasteiger charge is 2.30. The fourth-order valence-corrected chi connectivity index (χ4v) is 2.56. The van der Waals surface area contributed by atoms with E-state index in [0.717, 1.165) is 12.1 Å². The Morgan fingerprint density at radius 3 is 2.56 bits per heavy atom. The maximum absolute atomic E-state index is 12.7. The van der Waals surface area contributed by atoms with E-state index in [0.29, 0.717) is 22.4 Å². The Balaban J connectivity index is 2.02. The first-order valence-electron chi connectivity index (χ1n) is 7.43. The summed E-state index contributed by atoms with van der Waals surface area (Å²) < 4.78 is 44.5. The molecule has 1 aromatic carbocycles. The van der Waals surface area contributed by atoms with E-state index in [1.807, 2.05) is 0 Å². The van der Waals surface area contributed by atoms with Gasteiger partial charge in [0.25, 0.3) is 5.56 Å². The first kappa shape index (κ1) is 17.2. The van der Waals surface area contributed by atoms with Crippen molar-refractivity contribution >= 4 is 11.0 Å². The second kappa shape index (κ2) is 6.32. The second-order valence-electron chi connectivity index (χ2n) is 5.57. The Kier molecular flexibility index (Phi) is 4.34. The molecule has 0 radical (unpaired) electrons. The second-order valence-corrected chi connectivity index (χ2v) is 5.57. The van der Waals surface area contributed by atoms with Crippen LogP contribution in [0.5, 0.6) is 0 Å². The van der Waals surface area contributed by atoms with Crippen LogP contribution < -0.4 is 5.56 Å². The zero-order chi connectivity index (χ0) is 18.2. The maximum Gasteiger partial charge on any atom is 0.416 e. The Morgan fingerprint density at radius 1 is 1.28 bits per heavy atom. The SMILES string of the molecule is COCc1nc2c(cnn2C(C)c2ccc(C(F)(F)F)cc2)c(=O)[nH]1. The highest BCUT2D eigenvalue weighted by atomic mass is 19.4. The number of ether oxygens (including phenoxy) is 1. The highest BCUT2D eigenvalue weighted by Crippen LogP contribution is 2.30. The number of alkyl halides is 3. The summed E-state index contributed by atoms with van der Waals surface area (Å²) in [5.74, 6) is 0.348. The van der Waals surface area contributed by atoms with Gasteiger partial charge in [-0.1, -0.05) is 12.1 Å². The Morgan fingerprint density at radius 2 is 1.96 bits per heavy atom. The first-order valence-corrected chi connectivity index (χ1v) is 7.43. The van der Waals surface area contributed by atoms with Gasteiger partial charge in [-0.25, -0.2) is 9.67 Å². The van der Waals surface area contributed by atoms with Gasteiger partial charge in [-0.05, 0) is 24.6 Å². The van der Waals surface area contributed by atoms with E-state index in [9.17, 15) is 18.0 Å². The van der Waals surface area contributed by atoms with Gasteiger partial charge in [0.1, 0.15) is 17.8 Å². The van der Waals surface area contributed by atoms with Gasteiger partial charge >= 0.3 is 6.18 Å². The summed E-state index contributed by atoms with van der Waals surface area (Å²) in [7, 11) is 1.48. The fourth-order valence-electron chi connectivity index (χ4n) is 2.56. The lowest BCUT2D eigenvalue weighted by molar-refractivity contribution is -0.137. The molecule has 0 saturated carbocycles. The molecular formula is C16H15F3N4O2. The summed E-state index contributed by atoms with van der Waals surface area (Å²) in [4.78, 5) is 19.0. The van der Waals surface area contributed by atoms with Crippen LogP contribution in [0.15, 0.2) is 35.3 Å². The number of benzene rings is 1. The number of nitrogens with zero attached hydrogens (tertiary/aromatic N) is 3. The molecule has 3 aromatic rings. The molecule has 1 atom stereocenters. The third-order valence-corrected chi connectivity index (χ3v) is 3.88. The van der Waals surface area contributed by atoms with Crippen molar-refractivity contribution in [2.45, 2.75) is 25.7 Å². The zero-order valence-corrected chi connectivity index (χ0v) is 13.5. The van der Waals surface area contributed by atoms with E-state index in [1.165, 1.54) is 30.1 Å². The summed E-state index contributed by atoms with van der Waals surface area (Å²) in [6.45, 7) is 1.90. The van der Waals surface area contributed by atoms with Gasteiger partial charge in [0.2, 0.25) is 0 Å². The van der Waals surface area contributed by atoms with Crippen LogP contribution in [0, 0.1) is 0 Å². The van der Waals surface area contributed by atoms with Crippen molar-refractivity contribution in [1.29, 1.82) is 0 Å². The van der Waals surface area contributed by atoms with Crippen molar-refractivity contribution in [3.8, 4) is 0 Å². The molecule has 0 spiro atoms. The number of aromatic amines is 1. The highest BCUT2D eigenvalue weighted by molar-refractivity contribution is 5.73. The third kappa shape index (κ3) is 3.27. The summed E-state index contributed by atoms with van der Waals surface area (Å²) >= 11 is 0. The van der Waals surface area contributed by atoms with Gasteiger partial charge < -0.3 is 9.72 Å². The van der Waals surface area contributed by atoms with Gasteiger partial charge in [-0.3, -0.25) is 4.79 Å². The zero-order valence-electron chi connectivity index (χ0n) is 13.5. The number of methoxy groups -OCH3 is 1. The number of halogens is 3. The van der Waals surface area contributed by atoms with E-state index in [-0.39, 0.29) is 12.2 Å². The van der Waals surface area contributed by atoms with Crippen LogP contribution in [0.2, 0.25) is 0 Å². The smallest absolute Gasteiger partial charge is 0.377 e. The summed E-state index contributed by atoms with van der Waals surface area (Å²) in [6, 6.07) is 4.43. The molecular weight excluding hydrogens is 337 g/mol. The Bertz CT molecular complexity index is 945. The molecule has 1 N–H and O–H groups in total. The van der Waals surface area contributed by atoms with Crippen LogP contribution in [-0.2, 0) is 17.5 Å². The van der Waals surface area contributed by atoms with Crippen LogP contribution in [0.3, 0.4) is 0 Å². The molecule has 2 heterocycles. The number of rotatable bonds is 4. The molecule has 25 heavy (non-hydrogen) atoms. The quantitative estimate of drug-likeness (QED) is 0.784. The fraction of sp³-hybridized carbons (Fsp3) is 0.312. The van der Waals surface area contributed by atoms with Crippen molar-refractivity contribution in [2.24, 2.45) is 0 Å². The van der Waals surface area contributed by atoms with Crippen molar-refractivity contribution in [3.05, 3.63) is 57.8 Å². The molecule has 0 aliphatic heterocycles.